The van der Waals surface area contributed by atoms with Gasteiger partial charge in [-0.25, -0.2) is 0 Å². The summed E-state index contributed by atoms with van der Waals surface area (Å²) >= 11 is 0. The van der Waals surface area contributed by atoms with E-state index < -0.39 is 0 Å². The van der Waals surface area contributed by atoms with Gasteiger partial charge in [-0.2, -0.15) is 0 Å². The van der Waals surface area contributed by atoms with Crippen molar-refractivity contribution in [2.75, 3.05) is 6.54 Å². The number of nitrogens with one attached hydrogen (secondary N) is 1. The zero-order valence-corrected chi connectivity index (χ0v) is 14.4. The third-order valence-electron chi connectivity index (χ3n) is 5.44. The number of rotatable bonds is 4. The Labute approximate surface area is 147 Å². The van der Waals surface area contributed by atoms with Crippen molar-refractivity contribution >= 4 is 5.91 Å². The number of nitrogens with zero attached hydrogens (tertiary/aromatic N) is 4. The van der Waals surface area contributed by atoms with Crippen molar-refractivity contribution in [2.24, 2.45) is 5.92 Å². The van der Waals surface area contributed by atoms with E-state index in [9.17, 15) is 4.79 Å². The van der Waals surface area contributed by atoms with Gasteiger partial charge in [-0.1, -0.05) is 0 Å². The Morgan fingerprint density at radius 3 is 2.92 bits per heavy atom. The number of aromatic nitrogens is 3. The Bertz CT molecular complexity index is 750. The first kappa shape index (κ1) is 16.1. The molecule has 2 fully saturated rings. The number of hydrogen-bond acceptors (Lipinski definition) is 5. The van der Waals surface area contributed by atoms with Crippen LogP contribution in [0.5, 0.6) is 0 Å². The van der Waals surface area contributed by atoms with Crippen molar-refractivity contribution < 1.29 is 4.79 Å². The van der Waals surface area contributed by atoms with Crippen LogP contribution < -0.4 is 5.32 Å². The van der Waals surface area contributed by atoms with Crippen molar-refractivity contribution in [1.82, 2.24) is 25.2 Å². The van der Waals surface area contributed by atoms with Crippen LogP contribution in [0.4, 0.5) is 0 Å². The van der Waals surface area contributed by atoms with Gasteiger partial charge < -0.3 is 5.32 Å². The second kappa shape index (κ2) is 6.88. The Hall–Kier alpha value is -2.34. The minimum atomic E-state index is -0.00535. The van der Waals surface area contributed by atoms with Crippen LogP contribution in [0.15, 0.2) is 37.1 Å². The molecule has 0 radical (unpaired) electrons. The van der Waals surface area contributed by atoms with Crippen molar-refractivity contribution in [1.29, 1.82) is 0 Å². The summed E-state index contributed by atoms with van der Waals surface area (Å²) in [6.45, 7) is 3.86. The molecule has 4 rings (SSSR count). The van der Waals surface area contributed by atoms with Crippen molar-refractivity contribution in [3.8, 4) is 0 Å². The molecule has 1 saturated heterocycles. The molecule has 1 N–H and O–H groups in total. The molecular formula is C19H23N5O. The molecule has 2 aromatic heterocycles. The monoisotopic (exact) mass is 337 g/mol. The minimum absolute atomic E-state index is 0.00535. The number of likely N-dealkylation sites (tertiary alicyclic amines) is 1. The smallest absolute Gasteiger partial charge is 0.253 e. The van der Waals surface area contributed by atoms with Gasteiger partial charge in [-0.3, -0.25) is 24.6 Å². The maximum atomic E-state index is 12.5. The van der Waals surface area contributed by atoms with Crippen LogP contribution in [0.25, 0.3) is 0 Å². The van der Waals surface area contributed by atoms with Crippen LogP contribution in [0.1, 0.15) is 40.9 Å². The molecule has 1 aliphatic carbocycles. The molecule has 6 nitrogen and oxygen atoms in total. The standard InChI is InChI=1S/C19H23N5O/c1-13-8-14(10-21-9-13)19(25)23-17-2-3-18-16(17)4-7-24(18)12-15-11-20-5-6-22-15/h5-6,8-11,16-18H,2-4,7,12H2,1H3,(H,23,25)/t16-,17-,18+/m0/s1. The lowest BCUT2D eigenvalue weighted by atomic mass is 9.99. The average molecular weight is 337 g/mol. The molecular weight excluding hydrogens is 314 g/mol. The fourth-order valence-electron chi connectivity index (χ4n) is 4.30. The van der Waals surface area contributed by atoms with E-state index in [1.807, 2.05) is 19.2 Å². The van der Waals surface area contributed by atoms with Crippen molar-refractivity contribution in [3.05, 3.63) is 53.9 Å². The predicted octanol–water partition coefficient (Wildman–Crippen LogP) is 1.96. The van der Waals surface area contributed by atoms with Gasteiger partial charge in [-0.05, 0) is 50.3 Å². The zero-order chi connectivity index (χ0) is 17.2. The van der Waals surface area contributed by atoms with Gasteiger partial charge >= 0.3 is 0 Å². The maximum absolute atomic E-state index is 12.5. The molecule has 3 heterocycles. The molecule has 3 atom stereocenters. The van der Waals surface area contributed by atoms with E-state index in [0.717, 1.165) is 43.6 Å². The molecule has 130 valence electrons. The van der Waals surface area contributed by atoms with Gasteiger partial charge in [0.15, 0.2) is 0 Å². The molecule has 1 saturated carbocycles. The summed E-state index contributed by atoms with van der Waals surface area (Å²) in [6.07, 6.45) is 12.0. The van der Waals surface area contributed by atoms with E-state index in [4.69, 9.17) is 0 Å². The van der Waals surface area contributed by atoms with E-state index in [0.29, 0.717) is 17.5 Å². The Kier molecular flexibility index (Phi) is 4.44. The van der Waals surface area contributed by atoms with Crippen LogP contribution in [-0.4, -0.2) is 44.4 Å². The van der Waals surface area contributed by atoms with Crippen LogP contribution in [0.3, 0.4) is 0 Å². The first-order valence-electron chi connectivity index (χ1n) is 8.92. The molecule has 0 aromatic carbocycles. The number of pyridine rings is 1. The normalized spacial score (nSPS) is 25.7. The highest BCUT2D eigenvalue weighted by molar-refractivity contribution is 5.94. The number of carbonyl (C=O) groups excluding carboxylic acids is 1. The number of carbonyl (C=O) groups is 1. The predicted molar refractivity (Wildman–Crippen MR) is 93.8 cm³/mol. The Morgan fingerprint density at radius 1 is 1.20 bits per heavy atom. The lowest BCUT2D eigenvalue weighted by molar-refractivity contribution is 0.0926. The van der Waals surface area contributed by atoms with Gasteiger partial charge in [0.25, 0.3) is 5.91 Å². The Balaban J connectivity index is 1.39. The summed E-state index contributed by atoms with van der Waals surface area (Å²) in [5, 5.41) is 3.24. The zero-order valence-electron chi connectivity index (χ0n) is 14.4. The minimum Gasteiger partial charge on any atom is -0.349 e. The molecule has 1 amide bonds. The molecule has 0 spiro atoms. The summed E-state index contributed by atoms with van der Waals surface area (Å²) in [4.78, 5) is 27.7. The number of fused-ring (bicyclic) bond motifs is 1. The van der Waals surface area contributed by atoms with E-state index in [1.165, 1.54) is 0 Å². The van der Waals surface area contributed by atoms with Gasteiger partial charge in [0, 0.05) is 49.6 Å². The van der Waals surface area contributed by atoms with E-state index in [1.54, 1.807) is 24.8 Å². The molecule has 2 aromatic rings. The summed E-state index contributed by atoms with van der Waals surface area (Å²) in [7, 11) is 0. The van der Waals surface area contributed by atoms with Crippen LogP contribution in [0.2, 0.25) is 0 Å². The molecule has 0 unspecified atom stereocenters. The number of amides is 1. The van der Waals surface area contributed by atoms with Crippen molar-refractivity contribution in [3.63, 3.8) is 0 Å². The quantitative estimate of drug-likeness (QED) is 0.923. The first-order chi connectivity index (χ1) is 12.2. The summed E-state index contributed by atoms with van der Waals surface area (Å²) in [5.41, 5.74) is 2.67. The summed E-state index contributed by atoms with van der Waals surface area (Å²) < 4.78 is 0. The second-order valence-corrected chi connectivity index (χ2v) is 7.10. The lowest BCUT2D eigenvalue weighted by Gasteiger charge is -2.24. The second-order valence-electron chi connectivity index (χ2n) is 7.10. The fourth-order valence-corrected chi connectivity index (χ4v) is 4.30. The van der Waals surface area contributed by atoms with Gasteiger partial charge in [-0.15, -0.1) is 0 Å². The fraction of sp³-hybridized carbons (Fsp3) is 0.474. The highest BCUT2D eigenvalue weighted by Gasteiger charge is 2.44. The lowest BCUT2D eigenvalue weighted by Crippen LogP contribution is -2.39. The van der Waals surface area contributed by atoms with Gasteiger partial charge in [0.05, 0.1) is 11.3 Å². The molecule has 0 bridgehead atoms. The van der Waals surface area contributed by atoms with Crippen LogP contribution in [0, 0.1) is 12.8 Å². The molecule has 6 heteroatoms. The highest BCUT2D eigenvalue weighted by atomic mass is 16.1. The number of aryl methyl sites for hydroxylation is 1. The van der Waals surface area contributed by atoms with E-state index >= 15 is 0 Å². The third-order valence-corrected chi connectivity index (χ3v) is 5.44. The Morgan fingerprint density at radius 2 is 2.12 bits per heavy atom. The topological polar surface area (TPSA) is 71.0 Å². The molecule has 25 heavy (non-hydrogen) atoms. The number of hydrogen-bond donors (Lipinski definition) is 1. The van der Waals surface area contributed by atoms with Gasteiger partial charge in [0.2, 0.25) is 0 Å². The van der Waals surface area contributed by atoms with E-state index in [2.05, 4.69) is 25.2 Å². The van der Waals surface area contributed by atoms with Crippen LogP contribution >= 0.6 is 0 Å². The summed E-state index contributed by atoms with van der Waals surface area (Å²) in [6, 6.07) is 2.68. The molecule has 1 aliphatic heterocycles. The van der Waals surface area contributed by atoms with Crippen LogP contribution in [-0.2, 0) is 6.54 Å². The average Bonchev–Trinajstić information content (AvgIpc) is 3.20. The van der Waals surface area contributed by atoms with E-state index in [-0.39, 0.29) is 11.9 Å². The highest BCUT2D eigenvalue weighted by Crippen LogP contribution is 2.38. The first-order valence-corrected chi connectivity index (χ1v) is 8.92. The SMILES string of the molecule is Cc1cncc(C(=O)N[C@H]2CC[C@@H]3[C@H]2CCN3Cc2cnccn2)c1. The molecule has 2 aliphatic rings. The third kappa shape index (κ3) is 3.39. The maximum Gasteiger partial charge on any atom is 0.253 e. The van der Waals surface area contributed by atoms with Gasteiger partial charge in [0.1, 0.15) is 0 Å². The summed E-state index contributed by atoms with van der Waals surface area (Å²) in [5.74, 6) is 0.521. The van der Waals surface area contributed by atoms with Crippen molar-refractivity contribution in [2.45, 2.75) is 44.8 Å². The largest absolute Gasteiger partial charge is 0.349 e.